The van der Waals surface area contributed by atoms with Gasteiger partial charge in [-0.05, 0) is 64.5 Å². The van der Waals surface area contributed by atoms with Crippen molar-refractivity contribution in [3.63, 3.8) is 0 Å². The summed E-state index contributed by atoms with van der Waals surface area (Å²) in [6.07, 6.45) is 8.26. The summed E-state index contributed by atoms with van der Waals surface area (Å²) < 4.78 is 11.9. The fraction of sp³-hybridized carbons (Fsp3) is 0.931. The van der Waals surface area contributed by atoms with Crippen LogP contribution in [0.2, 0.25) is 50.4 Å². The minimum Gasteiger partial charge on any atom is -0.459 e. The molecule has 3 atom stereocenters. The molecule has 0 saturated carbocycles. The van der Waals surface area contributed by atoms with Crippen molar-refractivity contribution in [3.05, 3.63) is 0 Å². The van der Waals surface area contributed by atoms with Crippen LogP contribution in [0.15, 0.2) is 0 Å². The van der Waals surface area contributed by atoms with E-state index in [-0.39, 0.29) is 34.5 Å². The maximum Gasteiger partial charge on any atom is 0.312 e. The molecule has 2 rings (SSSR count). The molecule has 206 valence electrons. The van der Waals surface area contributed by atoms with Crippen LogP contribution in [0.4, 0.5) is 0 Å². The first-order chi connectivity index (χ1) is 16.0. The molecule has 4 nitrogen and oxygen atoms in total. The van der Waals surface area contributed by atoms with Crippen molar-refractivity contribution in [2.75, 3.05) is 0 Å². The van der Waals surface area contributed by atoms with Crippen molar-refractivity contribution in [1.29, 1.82) is 0 Å². The average Bonchev–Trinajstić information content (AvgIpc) is 2.77. The third-order valence-corrected chi connectivity index (χ3v) is 15.6. The predicted molar refractivity (Wildman–Crippen MR) is 154 cm³/mol. The van der Waals surface area contributed by atoms with Gasteiger partial charge in [0.05, 0.1) is 27.5 Å². The van der Waals surface area contributed by atoms with Crippen LogP contribution in [0, 0.1) is 11.3 Å². The van der Waals surface area contributed by atoms with Gasteiger partial charge in [0.2, 0.25) is 0 Å². The Balaban J connectivity index is 0.000000351. The maximum absolute atomic E-state index is 12.3. The largest absolute Gasteiger partial charge is 0.459 e. The van der Waals surface area contributed by atoms with Crippen molar-refractivity contribution >= 4 is 28.1 Å². The number of esters is 2. The lowest BCUT2D eigenvalue weighted by Gasteiger charge is -2.44. The maximum atomic E-state index is 12.3. The molecule has 2 aliphatic rings. The van der Waals surface area contributed by atoms with E-state index in [0.29, 0.717) is 0 Å². The van der Waals surface area contributed by atoms with Crippen LogP contribution in [0.5, 0.6) is 0 Å². The normalized spacial score (nSPS) is 28.8. The van der Waals surface area contributed by atoms with E-state index in [1.165, 1.54) is 24.9 Å². The standard InChI is InChI=1S/C15H30O2Si.C14H28O2Si/c1-7-14(3,4)13(16)17-15(8-2)10-9-11-18(5,6)12-15;1-6-12(3)13(15)16-14(7-2)9-8-10-17(4,5)11-14/h7-12H2,1-6H3;12H,6-11H2,1-5H3. The van der Waals surface area contributed by atoms with E-state index in [0.717, 1.165) is 50.6 Å². The molecule has 0 aliphatic carbocycles. The van der Waals surface area contributed by atoms with E-state index in [9.17, 15) is 9.59 Å². The second kappa shape index (κ2) is 12.8. The Bertz CT molecular complexity index is 703. The lowest BCUT2D eigenvalue weighted by molar-refractivity contribution is -0.170. The zero-order chi connectivity index (χ0) is 27.1. The highest BCUT2D eigenvalue weighted by molar-refractivity contribution is 6.78. The van der Waals surface area contributed by atoms with Gasteiger partial charge in [-0.3, -0.25) is 9.59 Å². The van der Waals surface area contributed by atoms with Crippen LogP contribution < -0.4 is 0 Å². The van der Waals surface area contributed by atoms with Crippen molar-refractivity contribution in [2.24, 2.45) is 11.3 Å². The molecule has 2 aliphatic heterocycles. The molecular formula is C29H58O4Si2. The van der Waals surface area contributed by atoms with Gasteiger partial charge in [-0.2, -0.15) is 0 Å². The van der Waals surface area contributed by atoms with E-state index in [2.05, 4.69) is 47.0 Å². The zero-order valence-corrected chi connectivity index (χ0v) is 27.2. The first-order valence-corrected chi connectivity index (χ1v) is 21.3. The molecule has 0 aromatic carbocycles. The fourth-order valence-electron chi connectivity index (χ4n) is 5.76. The first-order valence-electron chi connectivity index (χ1n) is 14.5. The van der Waals surface area contributed by atoms with Gasteiger partial charge in [0.1, 0.15) is 11.2 Å². The van der Waals surface area contributed by atoms with Gasteiger partial charge in [-0.1, -0.05) is 85.7 Å². The summed E-state index contributed by atoms with van der Waals surface area (Å²) in [6.45, 7) is 24.1. The molecule has 6 heteroatoms. The summed E-state index contributed by atoms with van der Waals surface area (Å²) in [5.74, 6) is 0.0599. The molecule has 0 radical (unpaired) electrons. The molecular weight excluding hydrogens is 468 g/mol. The van der Waals surface area contributed by atoms with Crippen LogP contribution in [0.1, 0.15) is 99.8 Å². The number of carbonyl (C=O) groups excluding carboxylic acids is 2. The third-order valence-electron chi connectivity index (χ3n) is 8.94. The average molecular weight is 527 g/mol. The van der Waals surface area contributed by atoms with E-state index in [4.69, 9.17) is 9.47 Å². The van der Waals surface area contributed by atoms with Gasteiger partial charge >= 0.3 is 11.9 Å². The minimum absolute atomic E-state index is 0.00134. The van der Waals surface area contributed by atoms with Gasteiger partial charge < -0.3 is 9.47 Å². The van der Waals surface area contributed by atoms with Gasteiger partial charge in [0, 0.05) is 0 Å². The Kier molecular flexibility index (Phi) is 11.8. The van der Waals surface area contributed by atoms with Crippen molar-refractivity contribution < 1.29 is 19.1 Å². The molecule has 0 spiro atoms. The van der Waals surface area contributed by atoms with E-state index in [1.54, 1.807) is 0 Å². The molecule has 2 fully saturated rings. The number of carbonyl (C=O) groups is 2. The molecule has 3 unspecified atom stereocenters. The monoisotopic (exact) mass is 526 g/mol. The molecule has 2 heterocycles. The third kappa shape index (κ3) is 9.64. The molecule has 0 amide bonds. The lowest BCUT2D eigenvalue weighted by Crippen LogP contribution is -2.48. The van der Waals surface area contributed by atoms with Crippen molar-refractivity contribution in [2.45, 2.75) is 161 Å². The minimum atomic E-state index is -1.16. The Labute approximate surface area is 219 Å². The summed E-state index contributed by atoms with van der Waals surface area (Å²) in [6, 6.07) is 5.06. The molecule has 0 N–H and O–H groups in total. The summed E-state index contributed by atoms with van der Waals surface area (Å²) >= 11 is 0. The van der Waals surface area contributed by atoms with E-state index >= 15 is 0 Å². The van der Waals surface area contributed by atoms with Gasteiger partial charge in [0.25, 0.3) is 0 Å². The lowest BCUT2D eigenvalue weighted by atomic mass is 9.89. The Morgan fingerprint density at radius 3 is 1.60 bits per heavy atom. The number of hydrogen-bond acceptors (Lipinski definition) is 4. The highest BCUT2D eigenvalue weighted by atomic mass is 28.3. The Morgan fingerprint density at radius 2 is 1.26 bits per heavy atom. The molecule has 0 bridgehead atoms. The van der Waals surface area contributed by atoms with Gasteiger partial charge in [-0.15, -0.1) is 0 Å². The first kappa shape index (κ1) is 32.4. The second-order valence-electron chi connectivity index (χ2n) is 13.8. The molecule has 2 saturated heterocycles. The molecule has 0 aromatic rings. The second-order valence-corrected chi connectivity index (χ2v) is 24.2. The summed E-state index contributed by atoms with van der Waals surface area (Å²) in [5, 5.41) is 0. The summed E-state index contributed by atoms with van der Waals surface area (Å²) in [7, 11) is -2.30. The Morgan fingerprint density at radius 1 is 0.829 bits per heavy atom. The Hall–Kier alpha value is -0.626. The number of ether oxygens (including phenoxy) is 2. The molecule has 0 aromatic heterocycles. The van der Waals surface area contributed by atoms with Crippen molar-refractivity contribution in [3.8, 4) is 0 Å². The topological polar surface area (TPSA) is 52.6 Å². The van der Waals surface area contributed by atoms with Gasteiger partial charge in [-0.25, -0.2) is 0 Å². The smallest absolute Gasteiger partial charge is 0.312 e. The number of hydrogen-bond donors (Lipinski definition) is 0. The van der Waals surface area contributed by atoms with Crippen LogP contribution in [-0.4, -0.2) is 39.3 Å². The van der Waals surface area contributed by atoms with E-state index in [1.807, 2.05) is 27.7 Å². The van der Waals surface area contributed by atoms with Crippen LogP contribution in [-0.2, 0) is 19.1 Å². The van der Waals surface area contributed by atoms with Crippen LogP contribution in [0.25, 0.3) is 0 Å². The molecule has 35 heavy (non-hydrogen) atoms. The van der Waals surface area contributed by atoms with Gasteiger partial charge in [0.15, 0.2) is 0 Å². The summed E-state index contributed by atoms with van der Waals surface area (Å²) in [5.41, 5.74) is -0.628. The predicted octanol–water partition coefficient (Wildman–Crippen LogP) is 8.84. The van der Waals surface area contributed by atoms with E-state index < -0.39 is 16.1 Å². The highest BCUT2D eigenvalue weighted by Crippen LogP contribution is 2.42. The fourth-order valence-corrected chi connectivity index (χ4v) is 12.9. The number of rotatable bonds is 8. The highest BCUT2D eigenvalue weighted by Gasteiger charge is 2.45. The van der Waals surface area contributed by atoms with Crippen molar-refractivity contribution in [1.82, 2.24) is 0 Å². The van der Waals surface area contributed by atoms with Crippen LogP contribution >= 0.6 is 0 Å². The van der Waals surface area contributed by atoms with Crippen LogP contribution in [0.3, 0.4) is 0 Å². The SMILES string of the molecule is CCC(C)C(=O)OC1(CC)CCC[Si](C)(C)C1.CCC1(OC(=O)C(C)(C)CC)CCC[Si](C)(C)C1. The quantitative estimate of drug-likeness (QED) is 0.234. The summed E-state index contributed by atoms with van der Waals surface area (Å²) in [4.78, 5) is 24.3. The zero-order valence-electron chi connectivity index (χ0n) is 25.2.